The molecule has 10 heteroatoms. The van der Waals surface area contributed by atoms with Gasteiger partial charge in [0.1, 0.15) is 4.87 Å². The zero-order chi connectivity index (χ0) is 18.3. The van der Waals surface area contributed by atoms with Crippen molar-refractivity contribution < 1.29 is 14.7 Å². The Morgan fingerprint density at radius 2 is 2.08 bits per heavy atom. The Morgan fingerprint density at radius 3 is 2.67 bits per heavy atom. The number of carboxylic acid groups (broad SMARTS) is 1. The summed E-state index contributed by atoms with van der Waals surface area (Å²) in [6.45, 7) is 1.90. The van der Waals surface area contributed by atoms with Crippen molar-refractivity contribution in [2.24, 2.45) is 0 Å². The molecule has 1 amide bonds. The first-order valence-corrected chi connectivity index (χ1v) is 8.44. The second-order valence-electron chi connectivity index (χ2n) is 4.99. The first kappa shape index (κ1) is 20.8. The molecular formula is C14H16Cl3N3O3S. The van der Waals surface area contributed by atoms with Gasteiger partial charge in [-0.15, -0.1) is 23.2 Å². The van der Waals surface area contributed by atoms with Gasteiger partial charge in [-0.1, -0.05) is 6.07 Å². The molecule has 6 nitrogen and oxygen atoms in total. The van der Waals surface area contributed by atoms with Gasteiger partial charge in [-0.2, -0.15) is 0 Å². The maximum absolute atomic E-state index is 11.9. The number of rotatable bonds is 7. The lowest BCUT2D eigenvalue weighted by molar-refractivity contribution is -0.128. The molecule has 0 aliphatic heterocycles. The number of thiocarbonyl (C=S) groups is 1. The number of hydrogen-bond donors (Lipinski definition) is 3. The van der Waals surface area contributed by atoms with Crippen LogP contribution in [-0.2, 0) is 4.79 Å². The monoisotopic (exact) mass is 411 g/mol. The average molecular weight is 413 g/mol. The van der Waals surface area contributed by atoms with E-state index in [1.54, 1.807) is 12.1 Å². The number of carboxylic acids is 1. The van der Waals surface area contributed by atoms with Crippen LogP contribution < -0.4 is 10.6 Å². The van der Waals surface area contributed by atoms with Crippen LogP contribution in [-0.4, -0.2) is 50.4 Å². The Hall–Kier alpha value is -1.28. The maximum Gasteiger partial charge on any atom is 0.335 e. The van der Waals surface area contributed by atoms with Crippen molar-refractivity contribution in [3.8, 4) is 0 Å². The molecule has 24 heavy (non-hydrogen) atoms. The summed E-state index contributed by atoms with van der Waals surface area (Å²) < 4.78 is 0.941. The predicted octanol–water partition coefficient (Wildman–Crippen LogP) is 2.89. The summed E-state index contributed by atoms with van der Waals surface area (Å²) in [4.78, 5) is 21.6. The van der Waals surface area contributed by atoms with Crippen LogP contribution in [0, 0.1) is 0 Å². The van der Waals surface area contributed by atoms with Gasteiger partial charge in [-0.25, -0.2) is 4.79 Å². The van der Waals surface area contributed by atoms with E-state index >= 15 is 0 Å². The smallest absolute Gasteiger partial charge is 0.335 e. The Morgan fingerprint density at radius 1 is 1.42 bits per heavy atom. The minimum absolute atomic E-state index is 0.0656. The molecule has 1 aromatic carbocycles. The predicted molar refractivity (Wildman–Crippen MR) is 100 cm³/mol. The zero-order valence-corrected chi connectivity index (χ0v) is 15.8. The third-order valence-electron chi connectivity index (χ3n) is 2.88. The van der Waals surface area contributed by atoms with Gasteiger partial charge in [-0.05, 0) is 37.3 Å². The number of nitrogens with one attached hydrogen (secondary N) is 2. The molecule has 1 atom stereocenters. The highest BCUT2D eigenvalue weighted by atomic mass is 35.5. The molecule has 0 aliphatic carbocycles. The van der Waals surface area contributed by atoms with Crippen LogP contribution in [0.4, 0.5) is 5.69 Å². The largest absolute Gasteiger partial charge is 0.478 e. The molecule has 0 radical (unpaired) electrons. The van der Waals surface area contributed by atoms with Crippen molar-refractivity contribution in [1.82, 2.24) is 9.74 Å². The summed E-state index contributed by atoms with van der Waals surface area (Å²) in [7, 11) is 0. The number of hydrogen-bond acceptors (Lipinski definition) is 3. The average Bonchev–Trinajstić information content (AvgIpc) is 2.54. The van der Waals surface area contributed by atoms with Crippen molar-refractivity contribution >= 4 is 69.9 Å². The van der Waals surface area contributed by atoms with Crippen LogP contribution >= 0.6 is 47.2 Å². The van der Waals surface area contributed by atoms with E-state index in [1.165, 1.54) is 19.1 Å². The number of benzene rings is 1. The Balaban J connectivity index is 2.46. The van der Waals surface area contributed by atoms with E-state index in [1.807, 2.05) is 0 Å². The molecule has 0 saturated heterocycles. The summed E-state index contributed by atoms with van der Waals surface area (Å²) in [6.07, 6.45) is 0. The third kappa shape index (κ3) is 6.32. The van der Waals surface area contributed by atoms with Gasteiger partial charge >= 0.3 is 5.97 Å². The molecule has 0 spiro atoms. The van der Waals surface area contributed by atoms with E-state index in [0.29, 0.717) is 5.69 Å². The molecule has 0 fully saturated rings. The van der Waals surface area contributed by atoms with Crippen LogP contribution in [0.5, 0.6) is 0 Å². The summed E-state index contributed by atoms with van der Waals surface area (Å²) >= 11 is 22.5. The molecule has 0 aliphatic rings. The van der Waals surface area contributed by atoms with Gasteiger partial charge < -0.3 is 15.7 Å². The van der Waals surface area contributed by atoms with Crippen LogP contribution in [0.2, 0.25) is 0 Å². The quantitative estimate of drug-likeness (QED) is 0.363. The Labute approximate surface area is 160 Å². The van der Waals surface area contributed by atoms with Crippen LogP contribution in [0.15, 0.2) is 24.3 Å². The van der Waals surface area contributed by atoms with Crippen molar-refractivity contribution in [3.05, 3.63) is 29.8 Å². The molecular weight excluding hydrogens is 397 g/mol. The molecule has 1 aromatic rings. The highest BCUT2D eigenvalue weighted by Crippen LogP contribution is 2.20. The number of halogens is 3. The van der Waals surface area contributed by atoms with E-state index < -0.39 is 16.8 Å². The molecule has 0 heterocycles. The van der Waals surface area contributed by atoms with Gasteiger partial charge in [0.25, 0.3) is 5.91 Å². The van der Waals surface area contributed by atoms with Gasteiger partial charge in [0.15, 0.2) is 5.11 Å². The molecule has 132 valence electrons. The number of nitrogens with zero attached hydrogens (tertiary/aromatic N) is 1. The van der Waals surface area contributed by atoms with Crippen molar-refractivity contribution in [3.63, 3.8) is 0 Å². The fourth-order valence-electron chi connectivity index (χ4n) is 1.58. The van der Waals surface area contributed by atoms with Crippen molar-refractivity contribution in [1.29, 1.82) is 0 Å². The van der Waals surface area contributed by atoms with Crippen molar-refractivity contribution in [2.45, 2.75) is 11.8 Å². The van der Waals surface area contributed by atoms with Gasteiger partial charge in [0.05, 0.1) is 18.0 Å². The first-order chi connectivity index (χ1) is 11.2. The fraction of sp³-hybridized carbons (Fsp3) is 0.357. The lowest BCUT2D eigenvalue weighted by atomic mass is 10.2. The zero-order valence-electron chi connectivity index (χ0n) is 12.7. The number of anilines is 1. The number of amides is 1. The number of carbonyl (C=O) groups excluding carboxylic acids is 1. The summed E-state index contributed by atoms with van der Waals surface area (Å²) in [5.74, 6) is -1.60. The number of alkyl halides is 2. The van der Waals surface area contributed by atoms with E-state index in [-0.39, 0.29) is 29.6 Å². The van der Waals surface area contributed by atoms with E-state index in [4.69, 9.17) is 52.3 Å². The highest BCUT2D eigenvalue weighted by Gasteiger charge is 2.33. The molecule has 1 unspecified atom stereocenters. The topological polar surface area (TPSA) is 81.7 Å². The minimum Gasteiger partial charge on any atom is -0.478 e. The van der Waals surface area contributed by atoms with Crippen molar-refractivity contribution in [2.75, 3.05) is 24.3 Å². The van der Waals surface area contributed by atoms with Crippen LogP contribution in [0.25, 0.3) is 0 Å². The molecule has 1 rings (SSSR count). The second kappa shape index (κ2) is 9.27. The highest BCUT2D eigenvalue weighted by molar-refractivity contribution is 7.80. The molecule has 0 saturated carbocycles. The van der Waals surface area contributed by atoms with Gasteiger partial charge in [0.2, 0.25) is 0 Å². The fourth-order valence-corrected chi connectivity index (χ4v) is 2.34. The van der Waals surface area contributed by atoms with E-state index in [0.717, 1.165) is 4.42 Å². The Kier molecular flexibility index (Phi) is 8.02. The number of aromatic carboxylic acids is 1. The van der Waals surface area contributed by atoms with E-state index in [2.05, 4.69) is 10.6 Å². The Bertz CT molecular complexity index is 628. The molecule has 0 aromatic heterocycles. The maximum atomic E-state index is 11.9. The number of carbonyl (C=O) groups is 2. The van der Waals surface area contributed by atoms with Crippen LogP contribution in [0.1, 0.15) is 17.3 Å². The minimum atomic E-state index is -1.26. The first-order valence-electron chi connectivity index (χ1n) is 6.78. The summed E-state index contributed by atoms with van der Waals surface area (Å²) in [6, 6.07) is 6.20. The normalized spacial score (nSPS) is 12.8. The SMILES string of the molecule is CC(Cl)(CCl)C(=O)N(Cl)CCNC(=S)Nc1cccc(C(=O)O)c1. The van der Waals surface area contributed by atoms with E-state index in [9.17, 15) is 9.59 Å². The second-order valence-corrected chi connectivity index (χ2v) is 6.91. The standard InChI is InChI=1S/C14H16Cl3N3O3S/c1-14(16,8-15)12(23)20(17)6-5-18-13(24)19-10-4-2-3-9(7-10)11(21)22/h2-4,7H,5-6,8H2,1H3,(H,21,22)(H2,18,19,24). The summed E-state index contributed by atoms with van der Waals surface area (Å²) in [5.41, 5.74) is 0.671. The van der Waals surface area contributed by atoms with Gasteiger partial charge in [-0.3, -0.25) is 9.21 Å². The third-order valence-corrected chi connectivity index (χ3v) is 4.41. The molecule has 3 N–H and O–H groups in total. The summed E-state index contributed by atoms with van der Waals surface area (Å²) in [5, 5.41) is 14.9. The lowest BCUT2D eigenvalue weighted by Crippen LogP contribution is -2.43. The van der Waals surface area contributed by atoms with Crippen LogP contribution in [0.3, 0.4) is 0 Å². The van der Waals surface area contributed by atoms with Gasteiger partial charge in [0, 0.05) is 24.0 Å². The lowest BCUT2D eigenvalue weighted by Gasteiger charge is -2.23. The molecule has 0 bridgehead atoms.